The van der Waals surface area contributed by atoms with Crippen LogP contribution in [0.3, 0.4) is 0 Å². The first-order valence-electron chi connectivity index (χ1n) is 6.29. The van der Waals surface area contributed by atoms with Gasteiger partial charge in [0.2, 0.25) is 6.79 Å². The second-order valence-corrected chi connectivity index (χ2v) is 4.93. The number of amidine groups is 1. The van der Waals surface area contributed by atoms with Crippen LogP contribution in [0, 0.1) is 5.41 Å². The Morgan fingerprint density at radius 2 is 2.00 bits per heavy atom. The molecule has 1 aliphatic heterocycles. The predicted molar refractivity (Wildman–Crippen MR) is 79.4 cm³/mol. The van der Waals surface area contributed by atoms with Crippen LogP contribution in [-0.4, -0.2) is 12.6 Å². The number of fused-ring (bicyclic) bond motifs is 1. The molecule has 0 atom stereocenters. The van der Waals surface area contributed by atoms with E-state index in [0.717, 1.165) is 5.56 Å². The number of ether oxygens (including phenoxy) is 3. The summed E-state index contributed by atoms with van der Waals surface area (Å²) in [4.78, 5) is 0. The molecular formula is C15H13ClN2O3. The van der Waals surface area contributed by atoms with E-state index in [1.165, 1.54) is 0 Å². The van der Waals surface area contributed by atoms with Gasteiger partial charge in [-0.1, -0.05) is 23.7 Å². The summed E-state index contributed by atoms with van der Waals surface area (Å²) in [6.45, 7) is 0.549. The van der Waals surface area contributed by atoms with Crippen molar-refractivity contribution < 1.29 is 14.2 Å². The molecule has 0 radical (unpaired) electrons. The standard InChI is InChI=1S/C15H13ClN2O3/c16-12-5-9(15(17)18)1-2-10(12)7-19-11-3-4-13-14(6-11)21-8-20-13/h1-6H,7-8H2,(H3,17,18). The fraction of sp³-hybridized carbons (Fsp3) is 0.133. The Labute approximate surface area is 126 Å². The minimum atomic E-state index is -0.0138. The summed E-state index contributed by atoms with van der Waals surface area (Å²) in [5.41, 5.74) is 6.83. The quantitative estimate of drug-likeness (QED) is 0.672. The van der Waals surface area contributed by atoms with Gasteiger partial charge in [0.1, 0.15) is 18.2 Å². The fourth-order valence-electron chi connectivity index (χ4n) is 1.96. The molecule has 0 aliphatic carbocycles. The molecule has 0 aromatic heterocycles. The SMILES string of the molecule is N=C(N)c1ccc(COc2ccc3c(c2)OCO3)c(Cl)c1. The van der Waals surface area contributed by atoms with Crippen LogP contribution in [0.2, 0.25) is 5.02 Å². The molecule has 108 valence electrons. The molecule has 3 N–H and O–H groups in total. The van der Waals surface area contributed by atoms with Gasteiger partial charge >= 0.3 is 0 Å². The Hall–Kier alpha value is -2.40. The lowest BCUT2D eigenvalue weighted by Crippen LogP contribution is -2.11. The Morgan fingerprint density at radius 3 is 2.76 bits per heavy atom. The van der Waals surface area contributed by atoms with E-state index in [2.05, 4.69) is 0 Å². The lowest BCUT2D eigenvalue weighted by Gasteiger charge is -2.09. The van der Waals surface area contributed by atoms with Gasteiger partial charge in [0.25, 0.3) is 0 Å². The van der Waals surface area contributed by atoms with Crippen LogP contribution in [0.1, 0.15) is 11.1 Å². The van der Waals surface area contributed by atoms with Gasteiger partial charge in [-0.3, -0.25) is 5.41 Å². The van der Waals surface area contributed by atoms with Gasteiger partial charge in [-0.2, -0.15) is 0 Å². The normalized spacial score (nSPS) is 12.2. The van der Waals surface area contributed by atoms with E-state index in [1.54, 1.807) is 30.3 Å². The number of benzene rings is 2. The zero-order valence-corrected chi connectivity index (χ0v) is 11.8. The maximum absolute atomic E-state index is 7.37. The molecule has 2 aromatic rings. The number of nitrogen functional groups attached to an aromatic ring is 1. The highest BCUT2D eigenvalue weighted by molar-refractivity contribution is 6.31. The molecule has 0 saturated carbocycles. The molecule has 0 spiro atoms. The molecule has 5 nitrogen and oxygen atoms in total. The first-order chi connectivity index (χ1) is 10.1. The van der Waals surface area contributed by atoms with Gasteiger partial charge in [-0.05, 0) is 18.2 Å². The van der Waals surface area contributed by atoms with Crippen molar-refractivity contribution in [3.05, 3.63) is 52.5 Å². The first-order valence-corrected chi connectivity index (χ1v) is 6.66. The Balaban J connectivity index is 1.71. The van der Waals surface area contributed by atoms with Gasteiger partial charge in [0.15, 0.2) is 11.5 Å². The number of rotatable bonds is 4. The summed E-state index contributed by atoms with van der Waals surface area (Å²) < 4.78 is 16.2. The molecule has 1 heterocycles. The second kappa shape index (κ2) is 5.54. The van der Waals surface area contributed by atoms with Crippen LogP contribution in [0.5, 0.6) is 17.2 Å². The van der Waals surface area contributed by atoms with E-state index in [9.17, 15) is 0 Å². The Kier molecular flexibility index (Phi) is 3.58. The van der Waals surface area contributed by atoms with Crippen molar-refractivity contribution in [2.75, 3.05) is 6.79 Å². The number of halogens is 1. The molecule has 0 amide bonds. The van der Waals surface area contributed by atoms with E-state index in [1.807, 2.05) is 6.07 Å². The highest BCUT2D eigenvalue weighted by Gasteiger charge is 2.14. The third-order valence-corrected chi connectivity index (χ3v) is 3.45. The molecule has 6 heteroatoms. The Morgan fingerprint density at radius 1 is 1.19 bits per heavy atom. The zero-order valence-electron chi connectivity index (χ0n) is 11.1. The highest BCUT2D eigenvalue weighted by atomic mass is 35.5. The summed E-state index contributed by atoms with van der Waals surface area (Å²) in [7, 11) is 0. The molecule has 21 heavy (non-hydrogen) atoms. The summed E-state index contributed by atoms with van der Waals surface area (Å²) in [6.07, 6.45) is 0. The molecule has 0 fully saturated rings. The molecule has 2 aromatic carbocycles. The summed E-state index contributed by atoms with van der Waals surface area (Å²) in [5, 5.41) is 7.89. The van der Waals surface area contributed by atoms with Gasteiger partial charge in [-0.15, -0.1) is 0 Å². The third kappa shape index (κ3) is 2.87. The predicted octanol–water partition coefficient (Wildman–Crippen LogP) is 2.93. The highest BCUT2D eigenvalue weighted by Crippen LogP contribution is 2.35. The summed E-state index contributed by atoms with van der Waals surface area (Å²) in [6, 6.07) is 10.6. The average Bonchev–Trinajstić information content (AvgIpc) is 2.93. The van der Waals surface area contributed by atoms with Crippen LogP contribution in [0.25, 0.3) is 0 Å². The van der Waals surface area contributed by atoms with Crippen molar-refractivity contribution in [3.8, 4) is 17.2 Å². The topological polar surface area (TPSA) is 77.6 Å². The summed E-state index contributed by atoms with van der Waals surface area (Å²) >= 11 is 6.16. The number of hydrogen-bond acceptors (Lipinski definition) is 4. The molecule has 1 aliphatic rings. The van der Waals surface area contributed by atoms with Crippen LogP contribution >= 0.6 is 11.6 Å². The number of hydrogen-bond donors (Lipinski definition) is 2. The van der Waals surface area contributed by atoms with E-state index in [4.69, 9.17) is 37.0 Å². The van der Waals surface area contributed by atoms with E-state index in [-0.39, 0.29) is 12.6 Å². The van der Waals surface area contributed by atoms with Gasteiger partial charge in [0.05, 0.1) is 0 Å². The third-order valence-electron chi connectivity index (χ3n) is 3.10. The molecule has 3 rings (SSSR count). The van der Waals surface area contributed by atoms with Crippen molar-refractivity contribution in [1.29, 1.82) is 5.41 Å². The van der Waals surface area contributed by atoms with Crippen molar-refractivity contribution in [3.63, 3.8) is 0 Å². The molecule has 0 saturated heterocycles. The van der Waals surface area contributed by atoms with Crippen molar-refractivity contribution >= 4 is 17.4 Å². The maximum Gasteiger partial charge on any atom is 0.231 e. The summed E-state index contributed by atoms with van der Waals surface area (Å²) in [5.74, 6) is 2.04. The molecule has 0 bridgehead atoms. The lowest BCUT2D eigenvalue weighted by atomic mass is 10.1. The van der Waals surface area contributed by atoms with Crippen LogP contribution in [0.15, 0.2) is 36.4 Å². The van der Waals surface area contributed by atoms with Crippen molar-refractivity contribution in [2.45, 2.75) is 6.61 Å². The number of nitrogens with one attached hydrogen (secondary N) is 1. The van der Waals surface area contributed by atoms with Gasteiger partial charge in [0, 0.05) is 22.2 Å². The van der Waals surface area contributed by atoms with Gasteiger partial charge in [-0.25, -0.2) is 0 Å². The van der Waals surface area contributed by atoms with E-state index >= 15 is 0 Å². The first kappa shape index (κ1) is 13.6. The Bertz CT molecular complexity index is 703. The molecule has 0 unspecified atom stereocenters. The van der Waals surface area contributed by atoms with Crippen LogP contribution in [0.4, 0.5) is 0 Å². The minimum absolute atomic E-state index is 0.0138. The van der Waals surface area contributed by atoms with E-state index in [0.29, 0.717) is 34.4 Å². The van der Waals surface area contributed by atoms with Crippen LogP contribution in [-0.2, 0) is 6.61 Å². The minimum Gasteiger partial charge on any atom is -0.489 e. The lowest BCUT2D eigenvalue weighted by molar-refractivity contribution is 0.173. The monoisotopic (exact) mass is 304 g/mol. The largest absolute Gasteiger partial charge is 0.489 e. The maximum atomic E-state index is 7.37. The molecular weight excluding hydrogens is 292 g/mol. The van der Waals surface area contributed by atoms with Crippen LogP contribution < -0.4 is 19.9 Å². The fourth-order valence-corrected chi connectivity index (χ4v) is 2.19. The van der Waals surface area contributed by atoms with Gasteiger partial charge < -0.3 is 19.9 Å². The number of nitrogens with two attached hydrogens (primary N) is 1. The van der Waals surface area contributed by atoms with Crippen molar-refractivity contribution in [1.82, 2.24) is 0 Å². The van der Waals surface area contributed by atoms with Crippen molar-refractivity contribution in [2.24, 2.45) is 5.73 Å². The average molecular weight is 305 g/mol. The smallest absolute Gasteiger partial charge is 0.231 e. The zero-order chi connectivity index (χ0) is 14.8. The van der Waals surface area contributed by atoms with E-state index < -0.39 is 0 Å². The second-order valence-electron chi connectivity index (χ2n) is 4.52.